The average molecular weight is 348 g/mol. The van der Waals surface area contributed by atoms with Gasteiger partial charge >= 0.3 is 6.03 Å². The van der Waals surface area contributed by atoms with E-state index in [4.69, 9.17) is 9.47 Å². The van der Waals surface area contributed by atoms with Crippen molar-refractivity contribution >= 4 is 17.4 Å². The normalized spacial score (nSPS) is 17.5. The van der Waals surface area contributed by atoms with Crippen molar-refractivity contribution in [3.05, 3.63) is 40.5 Å². The van der Waals surface area contributed by atoms with Gasteiger partial charge < -0.3 is 19.7 Å². The molecule has 2 aromatic rings. The topological polar surface area (TPSA) is 76.6 Å². The second-order valence-electron chi connectivity index (χ2n) is 5.24. The van der Waals surface area contributed by atoms with Crippen LogP contribution in [0.25, 0.3) is 0 Å². The number of nitrogens with zero attached hydrogens (tertiary/aromatic N) is 3. The molecule has 128 valence electrons. The lowest BCUT2D eigenvalue weighted by molar-refractivity contribution is -0.0155. The number of carbonyl (C=O) groups is 1. The maximum Gasteiger partial charge on any atom is 0.317 e. The van der Waals surface area contributed by atoms with E-state index in [1.807, 2.05) is 24.4 Å². The summed E-state index contributed by atoms with van der Waals surface area (Å²) in [5.74, 6) is 0.558. The molecule has 1 saturated heterocycles. The molecule has 2 amide bonds. The summed E-state index contributed by atoms with van der Waals surface area (Å²) < 4.78 is 11.2. The largest absolute Gasteiger partial charge is 0.478 e. The van der Waals surface area contributed by atoms with E-state index in [9.17, 15) is 4.79 Å². The number of carbonyl (C=O) groups excluding carboxylic acids is 1. The zero-order valence-corrected chi connectivity index (χ0v) is 14.3. The van der Waals surface area contributed by atoms with Crippen LogP contribution in [0.1, 0.15) is 23.6 Å². The molecule has 1 aliphatic rings. The van der Waals surface area contributed by atoms with Crippen LogP contribution in [0.4, 0.5) is 4.79 Å². The molecule has 1 fully saturated rings. The Bertz CT molecular complexity index is 665. The van der Waals surface area contributed by atoms with Crippen molar-refractivity contribution < 1.29 is 14.3 Å². The SMILES string of the molecule is CCOc1ncccc1CNC(=O)N1CCO[C@@H](c2nccs2)C1. The number of urea groups is 1. The monoisotopic (exact) mass is 348 g/mol. The Morgan fingerprint density at radius 3 is 3.21 bits per heavy atom. The molecular weight excluding hydrogens is 328 g/mol. The third kappa shape index (κ3) is 4.01. The van der Waals surface area contributed by atoms with Crippen LogP contribution in [0, 0.1) is 0 Å². The van der Waals surface area contributed by atoms with Crippen LogP contribution < -0.4 is 10.1 Å². The standard InChI is InChI=1S/C16H20N4O3S/c1-2-22-14-12(4-3-5-17-14)10-19-16(21)20-7-8-23-13(11-20)15-18-6-9-24-15/h3-6,9,13H,2,7-8,10-11H2,1H3,(H,19,21)/t13-/m1/s1. The number of rotatable bonds is 5. The molecule has 24 heavy (non-hydrogen) atoms. The summed E-state index contributed by atoms with van der Waals surface area (Å²) in [6.07, 6.45) is 3.28. The van der Waals surface area contributed by atoms with E-state index >= 15 is 0 Å². The molecule has 0 aliphatic carbocycles. The predicted molar refractivity (Wildman–Crippen MR) is 90.0 cm³/mol. The molecule has 0 aromatic carbocycles. The highest BCUT2D eigenvalue weighted by Gasteiger charge is 2.26. The minimum atomic E-state index is -0.151. The summed E-state index contributed by atoms with van der Waals surface area (Å²) in [6, 6.07) is 3.61. The first-order valence-corrected chi connectivity index (χ1v) is 8.76. The van der Waals surface area contributed by atoms with Crippen LogP contribution >= 0.6 is 11.3 Å². The Morgan fingerprint density at radius 2 is 2.42 bits per heavy atom. The number of nitrogens with one attached hydrogen (secondary N) is 1. The first-order valence-electron chi connectivity index (χ1n) is 7.88. The van der Waals surface area contributed by atoms with Crippen LogP contribution in [0.15, 0.2) is 29.9 Å². The number of aromatic nitrogens is 2. The van der Waals surface area contributed by atoms with Crippen molar-refractivity contribution in [2.75, 3.05) is 26.3 Å². The maximum absolute atomic E-state index is 12.4. The number of thiazole rings is 1. The van der Waals surface area contributed by atoms with Crippen molar-refractivity contribution in [1.29, 1.82) is 0 Å². The summed E-state index contributed by atoms with van der Waals surface area (Å²) in [5.41, 5.74) is 0.859. The zero-order chi connectivity index (χ0) is 16.8. The van der Waals surface area contributed by atoms with Crippen molar-refractivity contribution in [1.82, 2.24) is 20.2 Å². The van der Waals surface area contributed by atoms with Crippen LogP contribution in [-0.4, -0.2) is 47.2 Å². The van der Waals surface area contributed by atoms with Crippen molar-refractivity contribution in [3.63, 3.8) is 0 Å². The van der Waals surface area contributed by atoms with E-state index in [2.05, 4.69) is 15.3 Å². The summed E-state index contributed by atoms with van der Waals surface area (Å²) in [7, 11) is 0. The Kier molecular flexibility index (Phi) is 5.60. The molecule has 8 heteroatoms. The summed E-state index contributed by atoms with van der Waals surface area (Å²) in [6.45, 7) is 4.40. The second kappa shape index (κ2) is 8.07. The maximum atomic E-state index is 12.4. The number of morpholine rings is 1. The van der Waals surface area contributed by atoms with E-state index in [1.54, 1.807) is 28.6 Å². The Morgan fingerprint density at radius 1 is 1.50 bits per heavy atom. The summed E-state index contributed by atoms with van der Waals surface area (Å²) >= 11 is 1.54. The van der Waals surface area contributed by atoms with Gasteiger partial charge in [-0.2, -0.15) is 0 Å². The molecule has 1 N–H and O–H groups in total. The molecular formula is C16H20N4O3S. The van der Waals surface area contributed by atoms with Crippen LogP contribution in [0.2, 0.25) is 0 Å². The van der Waals surface area contributed by atoms with Gasteiger partial charge in [0.2, 0.25) is 5.88 Å². The third-order valence-corrected chi connectivity index (χ3v) is 4.51. The smallest absolute Gasteiger partial charge is 0.317 e. The first kappa shape index (κ1) is 16.7. The first-order chi connectivity index (χ1) is 11.8. The fourth-order valence-electron chi connectivity index (χ4n) is 2.48. The lowest BCUT2D eigenvalue weighted by atomic mass is 10.2. The lowest BCUT2D eigenvalue weighted by Crippen LogP contribution is -2.47. The molecule has 3 rings (SSSR count). The molecule has 0 unspecified atom stereocenters. The second-order valence-corrected chi connectivity index (χ2v) is 6.16. The van der Waals surface area contributed by atoms with Crippen LogP contribution in [-0.2, 0) is 11.3 Å². The van der Waals surface area contributed by atoms with Crippen LogP contribution in [0.5, 0.6) is 5.88 Å². The highest BCUT2D eigenvalue weighted by Crippen LogP contribution is 2.24. The summed E-state index contributed by atoms with van der Waals surface area (Å²) in [4.78, 5) is 22.7. The van der Waals surface area contributed by atoms with Gasteiger partial charge in [0.1, 0.15) is 11.1 Å². The van der Waals surface area contributed by atoms with Crippen LogP contribution in [0.3, 0.4) is 0 Å². The molecule has 0 saturated carbocycles. The van der Waals surface area contributed by atoms with E-state index in [-0.39, 0.29) is 12.1 Å². The van der Waals surface area contributed by atoms with Gasteiger partial charge in [0.15, 0.2) is 0 Å². The molecule has 0 spiro atoms. The molecule has 1 aliphatic heterocycles. The number of ether oxygens (including phenoxy) is 2. The van der Waals surface area contributed by atoms with Gasteiger partial charge in [0.05, 0.1) is 19.8 Å². The quantitative estimate of drug-likeness (QED) is 0.896. The van der Waals surface area contributed by atoms with Gasteiger partial charge in [0, 0.05) is 36.4 Å². The predicted octanol–water partition coefficient (Wildman–Crippen LogP) is 2.22. The van der Waals surface area contributed by atoms with Gasteiger partial charge in [0.25, 0.3) is 0 Å². The van der Waals surface area contributed by atoms with Crippen molar-refractivity contribution in [2.45, 2.75) is 19.6 Å². The van der Waals surface area contributed by atoms with E-state index in [0.29, 0.717) is 38.7 Å². The van der Waals surface area contributed by atoms with Gasteiger partial charge in [-0.25, -0.2) is 14.8 Å². The van der Waals surface area contributed by atoms with Gasteiger partial charge in [-0.15, -0.1) is 11.3 Å². The Balaban J connectivity index is 1.57. The Hall–Kier alpha value is -2.19. The molecule has 1 atom stereocenters. The molecule has 7 nitrogen and oxygen atoms in total. The fraction of sp³-hybridized carbons (Fsp3) is 0.438. The van der Waals surface area contributed by atoms with Crippen molar-refractivity contribution in [3.8, 4) is 5.88 Å². The molecule has 0 radical (unpaired) electrons. The third-order valence-electron chi connectivity index (χ3n) is 3.64. The number of hydrogen-bond acceptors (Lipinski definition) is 6. The molecule has 3 heterocycles. The van der Waals surface area contributed by atoms with Gasteiger partial charge in [-0.1, -0.05) is 6.07 Å². The Labute approximate surface area is 144 Å². The van der Waals surface area contributed by atoms with Gasteiger partial charge in [-0.3, -0.25) is 0 Å². The number of amides is 2. The summed E-state index contributed by atoms with van der Waals surface area (Å²) in [5, 5.41) is 5.74. The minimum Gasteiger partial charge on any atom is -0.478 e. The van der Waals surface area contributed by atoms with E-state index in [0.717, 1.165) is 10.6 Å². The minimum absolute atomic E-state index is 0.119. The molecule has 2 aromatic heterocycles. The number of hydrogen-bond donors (Lipinski definition) is 1. The lowest BCUT2D eigenvalue weighted by Gasteiger charge is -2.32. The zero-order valence-electron chi connectivity index (χ0n) is 13.5. The fourth-order valence-corrected chi connectivity index (χ4v) is 3.16. The van der Waals surface area contributed by atoms with Gasteiger partial charge in [-0.05, 0) is 13.0 Å². The average Bonchev–Trinajstić information content (AvgIpc) is 3.16. The van der Waals surface area contributed by atoms with E-state index in [1.165, 1.54) is 0 Å². The van der Waals surface area contributed by atoms with E-state index < -0.39 is 0 Å². The molecule has 0 bridgehead atoms. The highest BCUT2D eigenvalue weighted by atomic mass is 32.1. The van der Waals surface area contributed by atoms with Crippen molar-refractivity contribution in [2.24, 2.45) is 0 Å². The highest BCUT2D eigenvalue weighted by molar-refractivity contribution is 7.09. The number of pyridine rings is 1.